The van der Waals surface area contributed by atoms with Gasteiger partial charge in [0, 0.05) is 17.8 Å². The predicted octanol–water partition coefficient (Wildman–Crippen LogP) is 3.28. The summed E-state index contributed by atoms with van der Waals surface area (Å²) >= 11 is 0. The molecule has 1 unspecified atom stereocenters. The molecular weight excluding hydrogens is 186 g/mol. The molecule has 1 atom stereocenters. The molecule has 0 aliphatic carbocycles. The van der Waals surface area contributed by atoms with Gasteiger partial charge in [0.05, 0.1) is 6.10 Å². The highest BCUT2D eigenvalue weighted by atomic mass is 16.3. The highest BCUT2D eigenvalue weighted by molar-refractivity contribution is 5.81. The van der Waals surface area contributed by atoms with Crippen molar-refractivity contribution in [2.75, 3.05) is 0 Å². The van der Waals surface area contributed by atoms with E-state index in [4.69, 9.17) is 0 Å². The lowest BCUT2D eigenvalue weighted by Crippen LogP contribution is -1.98. The largest absolute Gasteiger partial charge is 0.389 e. The molecule has 15 heavy (non-hydrogen) atoms. The van der Waals surface area contributed by atoms with Gasteiger partial charge in [0.15, 0.2) is 0 Å². The highest BCUT2D eigenvalue weighted by Gasteiger charge is 2.06. The van der Waals surface area contributed by atoms with Crippen LogP contribution >= 0.6 is 0 Å². The van der Waals surface area contributed by atoms with Gasteiger partial charge in [0.1, 0.15) is 0 Å². The molecule has 1 N–H and O–H groups in total. The van der Waals surface area contributed by atoms with Gasteiger partial charge in [0.2, 0.25) is 0 Å². The third kappa shape index (κ3) is 1.77. The monoisotopic (exact) mass is 203 g/mol. The van der Waals surface area contributed by atoms with Crippen molar-refractivity contribution >= 4 is 10.9 Å². The number of aromatic nitrogens is 1. The topological polar surface area (TPSA) is 25.2 Å². The maximum atomic E-state index is 9.49. The lowest BCUT2D eigenvalue weighted by molar-refractivity contribution is 0.199. The molecule has 2 rings (SSSR count). The van der Waals surface area contributed by atoms with Crippen LogP contribution in [0, 0.1) is 0 Å². The van der Waals surface area contributed by atoms with Crippen LogP contribution in [-0.4, -0.2) is 9.67 Å². The van der Waals surface area contributed by atoms with Gasteiger partial charge in [-0.1, -0.05) is 6.07 Å². The van der Waals surface area contributed by atoms with Crippen LogP contribution in [0.3, 0.4) is 0 Å². The van der Waals surface area contributed by atoms with Crippen molar-refractivity contribution < 1.29 is 5.11 Å². The minimum absolute atomic E-state index is 0.392. The SMILES string of the molecule is CC(O)c1ccc2c(ccn2C(C)C)c1. The zero-order valence-electron chi connectivity index (χ0n) is 9.44. The Balaban J connectivity index is 2.57. The summed E-state index contributed by atoms with van der Waals surface area (Å²) in [5.74, 6) is 0. The first-order valence-corrected chi connectivity index (χ1v) is 5.38. The Hall–Kier alpha value is -1.28. The van der Waals surface area contributed by atoms with Crippen molar-refractivity contribution in [3.63, 3.8) is 0 Å². The number of benzene rings is 1. The molecule has 2 aromatic rings. The molecule has 1 aromatic heterocycles. The molecule has 0 aliphatic heterocycles. The zero-order chi connectivity index (χ0) is 11.0. The number of hydrogen-bond acceptors (Lipinski definition) is 1. The Kier molecular flexibility index (Phi) is 2.53. The quantitative estimate of drug-likeness (QED) is 0.796. The number of hydrogen-bond donors (Lipinski definition) is 1. The molecule has 0 bridgehead atoms. The fraction of sp³-hybridized carbons (Fsp3) is 0.385. The molecule has 0 amide bonds. The van der Waals surface area contributed by atoms with Crippen LogP contribution in [-0.2, 0) is 0 Å². The normalized spacial score (nSPS) is 13.7. The summed E-state index contributed by atoms with van der Waals surface area (Å²) in [5, 5.41) is 10.7. The number of nitrogens with zero attached hydrogens (tertiary/aromatic N) is 1. The van der Waals surface area contributed by atoms with Crippen molar-refractivity contribution in [3.05, 3.63) is 36.0 Å². The Morgan fingerprint density at radius 2 is 1.87 bits per heavy atom. The minimum Gasteiger partial charge on any atom is -0.389 e. The maximum absolute atomic E-state index is 9.49. The van der Waals surface area contributed by atoms with E-state index in [1.54, 1.807) is 6.92 Å². The molecule has 0 fully saturated rings. The molecule has 2 nitrogen and oxygen atoms in total. The van der Waals surface area contributed by atoms with Crippen molar-refractivity contribution in [2.45, 2.75) is 32.9 Å². The molecule has 0 saturated carbocycles. The molecule has 0 aliphatic rings. The van der Waals surface area contributed by atoms with Gasteiger partial charge in [-0.05, 0) is 49.9 Å². The second-order valence-electron chi connectivity index (χ2n) is 4.31. The predicted molar refractivity (Wildman–Crippen MR) is 63.0 cm³/mol. The van der Waals surface area contributed by atoms with Gasteiger partial charge in [-0.3, -0.25) is 0 Å². The Morgan fingerprint density at radius 3 is 2.47 bits per heavy atom. The number of aliphatic hydroxyl groups excluding tert-OH is 1. The van der Waals surface area contributed by atoms with Crippen molar-refractivity contribution in [1.82, 2.24) is 4.57 Å². The summed E-state index contributed by atoms with van der Waals surface area (Å²) in [6.45, 7) is 6.13. The number of fused-ring (bicyclic) bond motifs is 1. The van der Waals surface area contributed by atoms with E-state index in [1.165, 1.54) is 10.9 Å². The third-order valence-corrected chi connectivity index (χ3v) is 2.78. The molecule has 0 spiro atoms. The zero-order valence-corrected chi connectivity index (χ0v) is 9.44. The van der Waals surface area contributed by atoms with Crippen LogP contribution in [0.1, 0.15) is 38.5 Å². The first kappa shape index (κ1) is 10.2. The summed E-state index contributed by atoms with van der Waals surface area (Å²) in [7, 11) is 0. The van der Waals surface area contributed by atoms with Crippen LogP contribution in [0.25, 0.3) is 10.9 Å². The van der Waals surface area contributed by atoms with Crippen molar-refractivity contribution in [1.29, 1.82) is 0 Å². The summed E-state index contributed by atoms with van der Waals surface area (Å²) in [4.78, 5) is 0. The summed E-state index contributed by atoms with van der Waals surface area (Å²) in [5.41, 5.74) is 2.21. The molecule has 2 heteroatoms. The maximum Gasteiger partial charge on any atom is 0.0762 e. The second kappa shape index (κ2) is 3.70. The van der Waals surface area contributed by atoms with E-state index in [2.05, 4.69) is 42.8 Å². The molecule has 0 saturated heterocycles. The van der Waals surface area contributed by atoms with Crippen LogP contribution in [0.15, 0.2) is 30.5 Å². The Labute approximate surface area is 90.2 Å². The van der Waals surface area contributed by atoms with Crippen molar-refractivity contribution in [2.24, 2.45) is 0 Å². The van der Waals surface area contributed by atoms with Gasteiger partial charge >= 0.3 is 0 Å². The van der Waals surface area contributed by atoms with Gasteiger partial charge in [-0.15, -0.1) is 0 Å². The van der Waals surface area contributed by atoms with E-state index in [0.29, 0.717) is 6.04 Å². The lowest BCUT2D eigenvalue weighted by atomic mass is 10.1. The van der Waals surface area contributed by atoms with Gasteiger partial charge in [-0.25, -0.2) is 0 Å². The fourth-order valence-electron chi connectivity index (χ4n) is 1.89. The first-order valence-electron chi connectivity index (χ1n) is 5.38. The average Bonchev–Trinajstić information content (AvgIpc) is 2.59. The average molecular weight is 203 g/mol. The first-order chi connectivity index (χ1) is 7.09. The second-order valence-corrected chi connectivity index (χ2v) is 4.31. The van der Waals surface area contributed by atoms with Crippen LogP contribution in [0.5, 0.6) is 0 Å². The van der Waals surface area contributed by atoms with Crippen LogP contribution in [0.2, 0.25) is 0 Å². The van der Waals surface area contributed by atoms with E-state index < -0.39 is 6.10 Å². The minimum atomic E-state index is -0.392. The fourth-order valence-corrected chi connectivity index (χ4v) is 1.89. The third-order valence-electron chi connectivity index (χ3n) is 2.78. The van der Waals surface area contributed by atoms with E-state index in [1.807, 2.05) is 6.07 Å². The van der Waals surface area contributed by atoms with Crippen LogP contribution in [0.4, 0.5) is 0 Å². The summed E-state index contributed by atoms with van der Waals surface area (Å²) in [6, 6.07) is 8.70. The molecular formula is C13H17NO. The van der Waals surface area contributed by atoms with E-state index in [-0.39, 0.29) is 0 Å². The lowest BCUT2D eigenvalue weighted by Gasteiger charge is -2.10. The Morgan fingerprint density at radius 1 is 1.13 bits per heavy atom. The summed E-state index contributed by atoms with van der Waals surface area (Å²) < 4.78 is 2.24. The van der Waals surface area contributed by atoms with Gasteiger partial charge in [-0.2, -0.15) is 0 Å². The van der Waals surface area contributed by atoms with E-state index in [0.717, 1.165) is 5.56 Å². The molecule has 1 heterocycles. The van der Waals surface area contributed by atoms with E-state index >= 15 is 0 Å². The highest BCUT2D eigenvalue weighted by Crippen LogP contribution is 2.23. The molecule has 80 valence electrons. The number of rotatable bonds is 2. The summed E-state index contributed by atoms with van der Waals surface area (Å²) in [6.07, 6.45) is 1.71. The van der Waals surface area contributed by atoms with E-state index in [9.17, 15) is 5.11 Å². The van der Waals surface area contributed by atoms with Gasteiger partial charge < -0.3 is 9.67 Å². The van der Waals surface area contributed by atoms with Crippen molar-refractivity contribution in [3.8, 4) is 0 Å². The standard InChI is InChI=1S/C13H17NO/c1-9(2)14-7-6-12-8-11(10(3)15)4-5-13(12)14/h4-10,15H,1-3H3. The number of aliphatic hydroxyl groups is 1. The molecule has 1 aromatic carbocycles. The smallest absolute Gasteiger partial charge is 0.0762 e. The van der Waals surface area contributed by atoms with Crippen LogP contribution < -0.4 is 0 Å². The molecule has 0 radical (unpaired) electrons. The van der Waals surface area contributed by atoms with Gasteiger partial charge in [0.25, 0.3) is 0 Å². The Bertz CT molecular complexity index is 468.